The first-order valence-corrected chi connectivity index (χ1v) is 5.85. The molecule has 0 radical (unpaired) electrons. The van der Waals surface area contributed by atoms with Crippen LogP contribution in [0.4, 0.5) is 0 Å². The summed E-state index contributed by atoms with van der Waals surface area (Å²) in [6.45, 7) is 0.862. The molecule has 5 heteroatoms. The minimum absolute atomic E-state index is 0.0466. The highest BCUT2D eigenvalue weighted by Crippen LogP contribution is 2.23. The molecule has 78 valence electrons. The van der Waals surface area contributed by atoms with E-state index in [1.807, 2.05) is 10.9 Å². The largest absolute Gasteiger partial charge is 0.392 e. The number of aliphatic hydroxyl groups excluding tert-OH is 1. The number of nitrogens with zero attached hydrogens (tertiary/aromatic N) is 2. The molecule has 4 nitrogen and oxygen atoms in total. The van der Waals surface area contributed by atoms with Crippen molar-refractivity contribution in [1.82, 2.24) is 9.78 Å². The normalized spacial score (nSPS) is 22.6. The molecule has 0 unspecified atom stereocenters. The van der Waals surface area contributed by atoms with Gasteiger partial charge in [-0.3, -0.25) is 0 Å². The van der Waals surface area contributed by atoms with E-state index in [-0.39, 0.29) is 12.8 Å². The Morgan fingerprint density at radius 3 is 3.07 bits per heavy atom. The lowest BCUT2D eigenvalue weighted by molar-refractivity contribution is -0.0397. The van der Waals surface area contributed by atoms with Gasteiger partial charge in [-0.25, -0.2) is 4.68 Å². The van der Waals surface area contributed by atoms with E-state index in [0.29, 0.717) is 0 Å². The molecule has 0 aliphatic carbocycles. The molecule has 0 amide bonds. The first-order valence-electron chi connectivity index (χ1n) is 4.77. The van der Waals surface area contributed by atoms with Crippen LogP contribution in [0.2, 0.25) is 0 Å². The van der Waals surface area contributed by atoms with Crippen LogP contribution in [0.5, 0.6) is 0 Å². The van der Waals surface area contributed by atoms with Crippen LogP contribution in [-0.2, 0) is 11.3 Å². The summed E-state index contributed by atoms with van der Waals surface area (Å²) in [4.78, 5) is 0. The van der Waals surface area contributed by atoms with E-state index in [0.717, 1.165) is 28.7 Å². The second-order valence-corrected chi connectivity index (χ2v) is 4.43. The molecule has 1 fully saturated rings. The average molecular weight is 308 g/mol. The molecule has 0 spiro atoms. The summed E-state index contributed by atoms with van der Waals surface area (Å²) in [5.74, 6) is 0. The number of hydrogen-bond donors (Lipinski definition) is 1. The molecule has 0 aromatic carbocycles. The topological polar surface area (TPSA) is 47.3 Å². The maximum atomic E-state index is 9.03. The van der Waals surface area contributed by atoms with Crippen molar-refractivity contribution in [2.45, 2.75) is 32.1 Å². The minimum atomic E-state index is 0.0466. The van der Waals surface area contributed by atoms with Crippen LogP contribution < -0.4 is 0 Å². The van der Waals surface area contributed by atoms with Gasteiger partial charge in [0.05, 0.1) is 6.61 Å². The van der Waals surface area contributed by atoms with Gasteiger partial charge in [-0.2, -0.15) is 5.10 Å². The Hall–Kier alpha value is -0.140. The van der Waals surface area contributed by atoms with Crippen LogP contribution in [0, 0.1) is 3.70 Å². The molecule has 2 rings (SSSR count). The number of ether oxygens (including phenoxy) is 1. The average Bonchev–Trinajstić information content (AvgIpc) is 2.61. The summed E-state index contributed by atoms with van der Waals surface area (Å²) in [6.07, 6.45) is 5.29. The van der Waals surface area contributed by atoms with Crippen molar-refractivity contribution in [3.8, 4) is 0 Å². The zero-order chi connectivity index (χ0) is 9.97. The summed E-state index contributed by atoms with van der Waals surface area (Å²) in [6, 6.07) is 0. The molecular formula is C9H13IN2O2. The lowest BCUT2D eigenvalue weighted by atomic mass is 10.2. The van der Waals surface area contributed by atoms with Crippen molar-refractivity contribution in [2.75, 3.05) is 6.61 Å². The Kier molecular flexibility index (Phi) is 3.40. The fraction of sp³-hybridized carbons (Fsp3) is 0.667. The predicted octanol–water partition coefficient (Wildman–Crippen LogP) is 1.68. The van der Waals surface area contributed by atoms with Crippen LogP contribution in [0.15, 0.2) is 6.20 Å². The van der Waals surface area contributed by atoms with E-state index in [4.69, 9.17) is 9.84 Å². The van der Waals surface area contributed by atoms with Gasteiger partial charge in [0.1, 0.15) is 9.93 Å². The van der Waals surface area contributed by atoms with E-state index in [9.17, 15) is 0 Å². The summed E-state index contributed by atoms with van der Waals surface area (Å²) in [7, 11) is 0. The van der Waals surface area contributed by atoms with E-state index in [2.05, 4.69) is 27.7 Å². The van der Waals surface area contributed by atoms with Crippen molar-refractivity contribution in [3.05, 3.63) is 15.5 Å². The van der Waals surface area contributed by atoms with Crippen molar-refractivity contribution in [3.63, 3.8) is 0 Å². The molecular weight excluding hydrogens is 295 g/mol. The lowest BCUT2D eigenvalue weighted by Crippen LogP contribution is -2.18. The van der Waals surface area contributed by atoms with Crippen molar-refractivity contribution in [2.24, 2.45) is 0 Å². The van der Waals surface area contributed by atoms with Crippen molar-refractivity contribution in [1.29, 1.82) is 0 Å². The molecule has 14 heavy (non-hydrogen) atoms. The van der Waals surface area contributed by atoms with Gasteiger partial charge in [0.25, 0.3) is 0 Å². The first kappa shape index (κ1) is 10.4. The second-order valence-electron chi connectivity index (χ2n) is 3.40. The Morgan fingerprint density at radius 1 is 1.64 bits per heavy atom. The van der Waals surface area contributed by atoms with Gasteiger partial charge >= 0.3 is 0 Å². The molecule has 0 saturated carbocycles. The standard InChI is InChI=1S/C9H13IN2O2/c10-9-7(6-13)5-12(11-9)8-3-1-2-4-14-8/h5,8,13H,1-4,6H2/t8-/m0/s1. The quantitative estimate of drug-likeness (QED) is 0.846. The number of rotatable bonds is 2. The first-order chi connectivity index (χ1) is 6.81. The Morgan fingerprint density at radius 2 is 2.50 bits per heavy atom. The Labute approximate surface area is 96.4 Å². The van der Waals surface area contributed by atoms with Crippen molar-refractivity contribution < 1.29 is 9.84 Å². The smallest absolute Gasteiger partial charge is 0.150 e. The van der Waals surface area contributed by atoms with Gasteiger partial charge in [0.15, 0.2) is 0 Å². The fourth-order valence-corrected chi connectivity index (χ4v) is 2.15. The molecule has 1 aliphatic rings. The van der Waals surface area contributed by atoms with E-state index >= 15 is 0 Å². The zero-order valence-corrected chi connectivity index (χ0v) is 9.98. The van der Waals surface area contributed by atoms with Crippen LogP contribution in [0.3, 0.4) is 0 Å². The summed E-state index contributed by atoms with van der Waals surface area (Å²) in [5.41, 5.74) is 0.875. The van der Waals surface area contributed by atoms with Gasteiger partial charge in [-0.05, 0) is 41.9 Å². The number of halogens is 1. The highest BCUT2D eigenvalue weighted by Gasteiger charge is 2.17. The highest BCUT2D eigenvalue weighted by atomic mass is 127. The van der Waals surface area contributed by atoms with Gasteiger partial charge in [-0.1, -0.05) is 0 Å². The van der Waals surface area contributed by atoms with Gasteiger partial charge < -0.3 is 9.84 Å². The predicted molar refractivity (Wildman–Crippen MR) is 59.7 cm³/mol. The van der Waals surface area contributed by atoms with E-state index in [1.54, 1.807) is 0 Å². The van der Waals surface area contributed by atoms with E-state index in [1.165, 1.54) is 6.42 Å². The SMILES string of the molecule is OCc1cn([C@@H]2CCCCO2)nc1I. The lowest BCUT2D eigenvalue weighted by Gasteiger charge is -2.22. The molecule has 1 N–H and O–H groups in total. The summed E-state index contributed by atoms with van der Waals surface area (Å²) in [5, 5.41) is 13.4. The summed E-state index contributed by atoms with van der Waals surface area (Å²) >= 11 is 2.13. The number of aromatic nitrogens is 2. The van der Waals surface area contributed by atoms with Gasteiger partial charge in [0, 0.05) is 18.4 Å². The third-order valence-corrected chi connectivity index (χ3v) is 3.29. The van der Waals surface area contributed by atoms with E-state index < -0.39 is 0 Å². The van der Waals surface area contributed by atoms with Crippen molar-refractivity contribution >= 4 is 22.6 Å². The van der Waals surface area contributed by atoms with Crippen LogP contribution in [-0.4, -0.2) is 21.5 Å². The highest BCUT2D eigenvalue weighted by molar-refractivity contribution is 14.1. The molecule has 2 heterocycles. The molecule has 0 bridgehead atoms. The fourth-order valence-electron chi connectivity index (χ4n) is 1.59. The summed E-state index contributed by atoms with van der Waals surface area (Å²) < 4.78 is 8.28. The van der Waals surface area contributed by atoms with Crippen LogP contribution in [0.25, 0.3) is 0 Å². The molecule has 1 saturated heterocycles. The van der Waals surface area contributed by atoms with Gasteiger partial charge in [0.2, 0.25) is 0 Å². The Bertz CT molecular complexity index is 308. The third-order valence-electron chi connectivity index (χ3n) is 2.38. The zero-order valence-electron chi connectivity index (χ0n) is 7.82. The Balaban J connectivity index is 2.14. The van der Waals surface area contributed by atoms with Gasteiger partial charge in [-0.15, -0.1) is 0 Å². The second kappa shape index (κ2) is 4.59. The molecule has 1 aromatic rings. The minimum Gasteiger partial charge on any atom is -0.392 e. The molecule has 1 aromatic heterocycles. The molecule has 1 atom stereocenters. The number of aliphatic hydroxyl groups is 1. The monoisotopic (exact) mass is 308 g/mol. The maximum absolute atomic E-state index is 9.03. The van der Waals surface area contributed by atoms with Crippen LogP contribution >= 0.6 is 22.6 Å². The number of hydrogen-bond acceptors (Lipinski definition) is 3. The van der Waals surface area contributed by atoms with Crippen LogP contribution in [0.1, 0.15) is 31.1 Å². The third kappa shape index (κ3) is 2.09. The molecule has 1 aliphatic heterocycles. The maximum Gasteiger partial charge on any atom is 0.150 e.